The minimum absolute atomic E-state index is 0.0503. The van der Waals surface area contributed by atoms with Gasteiger partial charge in [0.25, 0.3) is 0 Å². The third kappa shape index (κ3) is 4.07. The third-order valence-corrected chi connectivity index (χ3v) is 8.75. The van der Waals surface area contributed by atoms with Gasteiger partial charge in [-0.3, -0.25) is 0 Å². The highest BCUT2D eigenvalue weighted by Crippen LogP contribution is 2.40. The van der Waals surface area contributed by atoms with Crippen molar-refractivity contribution in [3.8, 4) is 0 Å². The molecule has 1 aromatic heterocycles. The van der Waals surface area contributed by atoms with E-state index in [4.69, 9.17) is 0 Å². The lowest BCUT2D eigenvalue weighted by Crippen LogP contribution is -2.02. The van der Waals surface area contributed by atoms with Crippen LogP contribution in [0.25, 0.3) is 0 Å². The monoisotopic (exact) mass is 391 g/mol. The summed E-state index contributed by atoms with van der Waals surface area (Å²) in [6, 6.07) is 35.0. The Labute approximate surface area is 166 Å². The van der Waals surface area contributed by atoms with Crippen LogP contribution in [0.4, 0.5) is 0 Å². The first kappa shape index (κ1) is 17.5. The first-order chi connectivity index (χ1) is 12.8. The first-order valence-electron chi connectivity index (χ1n) is 8.48. The van der Waals surface area contributed by atoms with Crippen molar-refractivity contribution in [3.05, 3.63) is 103 Å². The van der Waals surface area contributed by atoms with Gasteiger partial charge in [-0.2, -0.15) is 0 Å². The molecule has 0 saturated heterocycles. The summed E-state index contributed by atoms with van der Waals surface area (Å²) < 4.78 is 2.75. The van der Waals surface area contributed by atoms with Crippen LogP contribution >= 0.6 is 23.1 Å². The molecule has 4 rings (SSSR count). The Kier molecular flexibility index (Phi) is 5.49. The van der Waals surface area contributed by atoms with Crippen molar-refractivity contribution in [1.82, 2.24) is 0 Å². The van der Waals surface area contributed by atoms with E-state index in [1.54, 1.807) is 0 Å². The van der Waals surface area contributed by atoms with E-state index >= 15 is 0 Å². The second-order valence-electron chi connectivity index (χ2n) is 5.92. The normalized spacial score (nSPS) is 11.0. The summed E-state index contributed by atoms with van der Waals surface area (Å²) >= 11 is 3.75. The van der Waals surface area contributed by atoms with Crippen LogP contribution in [-0.2, 0) is 10.9 Å². The molecule has 0 saturated carbocycles. The summed E-state index contributed by atoms with van der Waals surface area (Å²) in [5.41, 5.74) is 1.30. The summed E-state index contributed by atoms with van der Waals surface area (Å²) in [6.45, 7) is 2.13. The van der Waals surface area contributed by atoms with Gasteiger partial charge in [0.05, 0.1) is 4.21 Å². The second-order valence-corrected chi connectivity index (χ2v) is 10.6. The molecule has 0 aliphatic carbocycles. The van der Waals surface area contributed by atoms with E-state index in [0.29, 0.717) is 0 Å². The molecule has 0 fully saturated rings. The molecule has 1 heterocycles. The highest BCUT2D eigenvalue weighted by atomic mass is 32.2. The third-order valence-electron chi connectivity index (χ3n) is 3.96. The average Bonchev–Trinajstić information content (AvgIpc) is 3.13. The molecule has 0 N–H and O–H groups in total. The molecule has 0 radical (unpaired) electrons. The molecule has 0 bridgehead atoms. The zero-order valence-electron chi connectivity index (χ0n) is 14.5. The molecule has 128 valence electrons. The molecule has 0 aliphatic heterocycles. The molecular formula is C23H19S3+. The Hall–Kier alpha value is -1.94. The molecule has 0 aliphatic rings. The van der Waals surface area contributed by atoms with E-state index in [1.807, 2.05) is 23.1 Å². The Morgan fingerprint density at radius 3 is 1.81 bits per heavy atom. The van der Waals surface area contributed by atoms with Crippen molar-refractivity contribution >= 4 is 34.0 Å². The SMILES string of the molecule is Cc1ccc(Sc2ccc([S+](c3ccccc3)c3ccccc3)s2)cc1. The fourth-order valence-corrected chi connectivity index (χ4v) is 7.65. The standard InChI is InChI=1S/C23H19S3/c1-18-12-14-19(15-13-18)24-22-16-17-23(25-22)26(20-8-4-2-5-9-20)21-10-6-3-7-11-21/h2-17H,1H3/q+1. The number of thiophene rings is 1. The van der Waals surface area contributed by atoms with Crippen LogP contribution in [0.2, 0.25) is 0 Å². The van der Waals surface area contributed by atoms with Crippen LogP contribution in [0.3, 0.4) is 0 Å². The largest absolute Gasteiger partial charge is 0.221 e. The van der Waals surface area contributed by atoms with Gasteiger partial charge in [-0.1, -0.05) is 77.2 Å². The van der Waals surface area contributed by atoms with Gasteiger partial charge < -0.3 is 0 Å². The minimum Gasteiger partial charge on any atom is -0.0790 e. The molecule has 3 aromatic carbocycles. The number of hydrogen-bond acceptors (Lipinski definition) is 2. The van der Waals surface area contributed by atoms with Gasteiger partial charge in [-0.05, 0) is 49.4 Å². The van der Waals surface area contributed by atoms with Crippen molar-refractivity contribution in [3.63, 3.8) is 0 Å². The molecular weight excluding hydrogens is 372 g/mol. The van der Waals surface area contributed by atoms with Crippen molar-refractivity contribution < 1.29 is 0 Å². The maximum Gasteiger partial charge on any atom is 0.221 e. The molecule has 0 amide bonds. The average molecular weight is 392 g/mol. The fourth-order valence-electron chi connectivity index (χ4n) is 2.67. The van der Waals surface area contributed by atoms with Crippen LogP contribution in [0, 0.1) is 6.92 Å². The van der Waals surface area contributed by atoms with E-state index in [0.717, 1.165) is 0 Å². The van der Waals surface area contributed by atoms with Crippen LogP contribution < -0.4 is 0 Å². The molecule has 0 atom stereocenters. The summed E-state index contributed by atoms with van der Waals surface area (Å²) in [5.74, 6) is 0. The zero-order chi connectivity index (χ0) is 17.8. The summed E-state index contributed by atoms with van der Waals surface area (Å²) in [4.78, 5) is 4.03. The molecule has 3 heteroatoms. The lowest BCUT2D eigenvalue weighted by atomic mass is 10.2. The molecule has 0 nitrogen and oxygen atoms in total. The Balaban J connectivity index is 1.67. The number of hydrogen-bond donors (Lipinski definition) is 0. The molecule has 4 aromatic rings. The van der Waals surface area contributed by atoms with E-state index in [2.05, 4.69) is 104 Å². The van der Waals surface area contributed by atoms with Crippen LogP contribution in [0.1, 0.15) is 5.56 Å². The number of benzene rings is 3. The summed E-state index contributed by atoms with van der Waals surface area (Å²) in [5, 5.41) is 0. The zero-order valence-corrected chi connectivity index (χ0v) is 16.9. The van der Waals surface area contributed by atoms with Crippen molar-refractivity contribution in [2.45, 2.75) is 30.0 Å². The van der Waals surface area contributed by atoms with Gasteiger partial charge in [0.2, 0.25) is 4.21 Å². The van der Waals surface area contributed by atoms with E-state index in [1.165, 1.54) is 28.7 Å². The Morgan fingerprint density at radius 2 is 1.23 bits per heavy atom. The maximum atomic E-state index is 2.30. The topological polar surface area (TPSA) is 0 Å². The Bertz CT molecular complexity index is 918. The fraction of sp³-hybridized carbons (Fsp3) is 0.0435. The van der Waals surface area contributed by atoms with Gasteiger partial charge in [0.15, 0.2) is 9.79 Å². The predicted molar refractivity (Wildman–Crippen MR) is 115 cm³/mol. The van der Waals surface area contributed by atoms with Crippen molar-refractivity contribution in [1.29, 1.82) is 0 Å². The van der Waals surface area contributed by atoms with Crippen molar-refractivity contribution in [2.75, 3.05) is 0 Å². The van der Waals surface area contributed by atoms with Crippen molar-refractivity contribution in [2.24, 2.45) is 0 Å². The number of rotatable bonds is 5. The first-order valence-corrected chi connectivity index (χ1v) is 11.3. The predicted octanol–water partition coefficient (Wildman–Crippen LogP) is 7.30. The van der Waals surface area contributed by atoms with Crippen LogP contribution in [-0.4, -0.2) is 0 Å². The summed E-state index contributed by atoms with van der Waals surface area (Å²) in [7, 11) is -0.0503. The quantitative estimate of drug-likeness (QED) is 0.322. The van der Waals surface area contributed by atoms with Gasteiger partial charge in [-0.25, -0.2) is 0 Å². The smallest absolute Gasteiger partial charge is 0.0790 e. The minimum atomic E-state index is -0.0503. The lowest BCUT2D eigenvalue weighted by molar-refractivity contribution is 1.36. The molecule has 26 heavy (non-hydrogen) atoms. The highest BCUT2D eigenvalue weighted by molar-refractivity contribution is 8.02. The van der Waals surface area contributed by atoms with Gasteiger partial charge in [-0.15, -0.1) is 0 Å². The molecule has 0 unspecified atom stereocenters. The van der Waals surface area contributed by atoms with Gasteiger partial charge in [0, 0.05) is 11.0 Å². The second kappa shape index (κ2) is 8.17. The molecule has 0 spiro atoms. The van der Waals surface area contributed by atoms with E-state index in [9.17, 15) is 0 Å². The maximum absolute atomic E-state index is 2.30. The van der Waals surface area contributed by atoms with Gasteiger partial charge >= 0.3 is 0 Å². The number of aryl methyl sites for hydroxylation is 1. The van der Waals surface area contributed by atoms with Crippen LogP contribution in [0.5, 0.6) is 0 Å². The lowest BCUT2D eigenvalue weighted by Gasteiger charge is -2.05. The van der Waals surface area contributed by atoms with E-state index < -0.39 is 0 Å². The van der Waals surface area contributed by atoms with Gasteiger partial charge in [0.1, 0.15) is 10.9 Å². The highest BCUT2D eigenvalue weighted by Gasteiger charge is 2.30. The van der Waals surface area contributed by atoms with Crippen LogP contribution in [0.15, 0.2) is 120 Å². The summed E-state index contributed by atoms with van der Waals surface area (Å²) in [6.07, 6.45) is 0. The Morgan fingerprint density at radius 1 is 0.654 bits per heavy atom. The van der Waals surface area contributed by atoms with E-state index in [-0.39, 0.29) is 10.9 Å².